The number of nitrogens with one attached hydrogen (secondary N) is 3. The van der Waals surface area contributed by atoms with Gasteiger partial charge in [0, 0.05) is 55.1 Å². The van der Waals surface area contributed by atoms with Gasteiger partial charge in [-0.05, 0) is 112 Å². The number of anilines is 2. The molecule has 0 aliphatic carbocycles. The summed E-state index contributed by atoms with van der Waals surface area (Å²) in [5.41, 5.74) is 5.29. The monoisotopic (exact) mass is 748 g/mol. The highest BCUT2D eigenvalue weighted by molar-refractivity contribution is 6.06. The second-order valence-corrected chi connectivity index (χ2v) is 15.7. The number of piperidine rings is 3. The number of rotatable bonds is 12. The van der Waals surface area contributed by atoms with Crippen LogP contribution in [0.25, 0.3) is 0 Å². The Morgan fingerprint density at radius 2 is 1.60 bits per heavy atom. The van der Waals surface area contributed by atoms with Crippen LogP contribution in [0.1, 0.15) is 77.7 Å². The fraction of sp³-hybridized carbons (Fsp3) is 0.455. The molecule has 0 radical (unpaired) electrons. The van der Waals surface area contributed by atoms with Gasteiger partial charge in [-0.15, -0.1) is 0 Å². The molecule has 1 atom stereocenters. The zero-order chi connectivity index (χ0) is 39.1. The summed E-state index contributed by atoms with van der Waals surface area (Å²) >= 11 is 0. The van der Waals surface area contributed by atoms with E-state index in [4.69, 9.17) is 4.74 Å². The van der Waals surface area contributed by atoms with Crippen molar-refractivity contribution in [3.63, 3.8) is 0 Å². The number of allylic oxidation sites excluding steroid dienone is 2. The van der Waals surface area contributed by atoms with Crippen LogP contribution in [-0.2, 0) is 23.9 Å². The summed E-state index contributed by atoms with van der Waals surface area (Å²) in [6, 6.07) is 17.2. The number of imide groups is 1. The first-order valence-electron chi connectivity index (χ1n) is 19.8. The Hall–Kier alpha value is -5.16. The third kappa shape index (κ3) is 10.3. The van der Waals surface area contributed by atoms with Crippen LogP contribution >= 0.6 is 0 Å². The third-order valence-corrected chi connectivity index (χ3v) is 11.0. The molecule has 11 nitrogen and oxygen atoms in total. The summed E-state index contributed by atoms with van der Waals surface area (Å²) in [5.74, 6) is 0.989. The molecule has 1 unspecified atom stereocenters. The predicted molar refractivity (Wildman–Crippen MR) is 215 cm³/mol. The molecule has 0 bridgehead atoms. The first-order chi connectivity index (χ1) is 26.4. The van der Waals surface area contributed by atoms with Gasteiger partial charge >= 0.3 is 0 Å². The molecule has 11 heteroatoms. The van der Waals surface area contributed by atoms with Crippen molar-refractivity contribution in [1.29, 1.82) is 0 Å². The van der Waals surface area contributed by atoms with Gasteiger partial charge in [0.05, 0.1) is 18.2 Å². The molecule has 2 aromatic rings. The highest BCUT2D eigenvalue weighted by Crippen LogP contribution is 2.34. The molecule has 2 aromatic carbocycles. The number of amides is 4. The number of carbonyl (C=O) groups is 4. The topological polar surface area (TPSA) is 123 Å². The molecule has 0 spiro atoms. The van der Waals surface area contributed by atoms with Crippen LogP contribution in [0.2, 0.25) is 0 Å². The normalized spacial score (nSPS) is 20.7. The van der Waals surface area contributed by atoms with Crippen LogP contribution in [0.3, 0.4) is 0 Å². The van der Waals surface area contributed by atoms with E-state index in [1.165, 1.54) is 11.1 Å². The summed E-state index contributed by atoms with van der Waals surface area (Å²) in [7, 11) is 0. The van der Waals surface area contributed by atoms with Gasteiger partial charge in [0.2, 0.25) is 17.7 Å². The number of hydrogen-bond acceptors (Lipinski definition) is 8. The van der Waals surface area contributed by atoms with Crippen molar-refractivity contribution >= 4 is 35.0 Å². The molecule has 4 heterocycles. The Morgan fingerprint density at radius 1 is 0.909 bits per heavy atom. The van der Waals surface area contributed by atoms with Crippen molar-refractivity contribution in [3.05, 3.63) is 108 Å². The number of para-hydroxylation sites is 1. The van der Waals surface area contributed by atoms with Crippen LogP contribution in [-0.4, -0.2) is 83.2 Å². The standard InChI is InChI=1S/C44H56N6O5/c1-29(2)37(26-50-27-38(40(25-31(50)5)55-30(3)4)43(53)46-35-9-7-6-8-10-35)34-17-21-48(22-18-34)28-42(52)49-23-19-33(20-24-49)32-11-13-36(14-12-32)45-39-15-16-41(51)47-44(39)54/h6-14,25-27,29-30,33-34,39,45H,5,15-24,28H2,1-4H3,(H,46,53)(H,47,51,54)/b37-26+. The average Bonchev–Trinajstić information content (AvgIpc) is 3.16. The van der Waals surface area contributed by atoms with Gasteiger partial charge < -0.3 is 25.2 Å². The molecule has 0 saturated carbocycles. The van der Waals surface area contributed by atoms with E-state index in [1.54, 1.807) is 0 Å². The first kappa shape index (κ1) is 39.5. The zero-order valence-corrected chi connectivity index (χ0v) is 32.7. The molecule has 4 amide bonds. The third-order valence-electron chi connectivity index (χ3n) is 11.0. The summed E-state index contributed by atoms with van der Waals surface area (Å²) in [4.78, 5) is 56.8. The second-order valence-electron chi connectivity index (χ2n) is 15.7. The Morgan fingerprint density at radius 3 is 2.24 bits per heavy atom. The molecule has 3 N–H and O–H groups in total. The van der Waals surface area contributed by atoms with E-state index in [-0.39, 0.29) is 35.7 Å². The number of ether oxygens (including phenoxy) is 1. The molecular weight excluding hydrogens is 693 g/mol. The van der Waals surface area contributed by atoms with Crippen LogP contribution in [0.4, 0.5) is 11.4 Å². The predicted octanol–water partition coefficient (Wildman–Crippen LogP) is 6.52. The van der Waals surface area contributed by atoms with Crippen molar-refractivity contribution < 1.29 is 23.9 Å². The lowest BCUT2D eigenvalue weighted by Crippen LogP contribution is -2.47. The van der Waals surface area contributed by atoms with Gasteiger partial charge in [-0.3, -0.25) is 29.4 Å². The minimum atomic E-state index is -0.401. The average molecular weight is 749 g/mol. The molecule has 4 aliphatic rings. The van der Waals surface area contributed by atoms with Crippen LogP contribution in [0.5, 0.6) is 0 Å². The minimum Gasteiger partial charge on any atom is -0.490 e. The lowest BCUT2D eigenvalue weighted by molar-refractivity contribution is -0.134. The van der Waals surface area contributed by atoms with Gasteiger partial charge in [0.1, 0.15) is 11.8 Å². The maximum absolute atomic E-state index is 13.5. The number of benzene rings is 2. The lowest BCUT2D eigenvalue weighted by atomic mass is 9.83. The fourth-order valence-corrected chi connectivity index (χ4v) is 7.90. The number of carbonyl (C=O) groups excluding carboxylic acids is 4. The van der Waals surface area contributed by atoms with E-state index in [1.807, 2.05) is 78.4 Å². The number of likely N-dealkylation sites (tertiary alicyclic amines) is 2. The Balaban J connectivity index is 1.00. The van der Waals surface area contributed by atoms with Crippen molar-refractivity contribution in [1.82, 2.24) is 20.0 Å². The van der Waals surface area contributed by atoms with E-state index in [9.17, 15) is 19.2 Å². The minimum absolute atomic E-state index is 0.105. The maximum Gasteiger partial charge on any atom is 0.260 e. The van der Waals surface area contributed by atoms with E-state index in [0.717, 1.165) is 63.2 Å². The molecule has 55 heavy (non-hydrogen) atoms. The zero-order valence-electron chi connectivity index (χ0n) is 32.7. The highest BCUT2D eigenvalue weighted by atomic mass is 16.5. The Kier molecular flexibility index (Phi) is 12.9. The number of nitrogens with zero attached hydrogens (tertiary/aromatic N) is 3. The fourth-order valence-electron chi connectivity index (χ4n) is 7.90. The van der Waals surface area contributed by atoms with Crippen LogP contribution in [0.15, 0.2) is 102 Å². The van der Waals surface area contributed by atoms with E-state index in [0.29, 0.717) is 48.2 Å². The van der Waals surface area contributed by atoms with Crippen molar-refractivity contribution in [2.45, 2.75) is 84.3 Å². The van der Waals surface area contributed by atoms with Crippen molar-refractivity contribution in [3.8, 4) is 0 Å². The summed E-state index contributed by atoms with van der Waals surface area (Å²) in [6.45, 7) is 16.2. The van der Waals surface area contributed by atoms with Gasteiger partial charge in [-0.25, -0.2) is 0 Å². The molecular formula is C44H56N6O5. The van der Waals surface area contributed by atoms with Crippen molar-refractivity contribution in [2.75, 3.05) is 43.4 Å². The van der Waals surface area contributed by atoms with Gasteiger partial charge in [-0.1, -0.05) is 50.8 Å². The van der Waals surface area contributed by atoms with Crippen LogP contribution in [0, 0.1) is 11.8 Å². The second kappa shape index (κ2) is 18.0. The number of hydrogen-bond donors (Lipinski definition) is 3. The summed E-state index contributed by atoms with van der Waals surface area (Å²) in [5, 5.41) is 8.63. The molecule has 292 valence electrons. The molecule has 4 aliphatic heterocycles. The largest absolute Gasteiger partial charge is 0.490 e. The first-order valence-corrected chi connectivity index (χ1v) is 19.8. The lowest BCUT2D eigenvalue weighted by Gasteiger charge is -2.37. The van der Waals surface area contributed by atoms with Crippen molar-refractivity contribution in [2.24, 2.45) is 11.8 Å². The van der Waals surface area contributed by atoms with Crippen LogP contribution < -0.4 is 16.0 Å². The van der Waals surface area contributed by atoms with Gasteiger partial charge in [0.25, 0.3) is 5.91 Å². The smallest absolute Gasteiger partial charge is 0.260 e. The van der Waals surface area contributed by atoms with E-state index >= 15 is 0 Å². The van der Waals surface area contributed by atoms with Gasteiger partial charge in [0.15, 0.2) is 0 Å². The Bertz CT molecular complexity index is 1820. The summed E-state index contributed by atoms with van der Waals surface area (Å²) in [6.07, 6.45) is 10.3. The summed E-state index contributed by atoms with van der Waals surface area (Å²) < 4.78 is 6.06. The van der Waals surface area contributed by atoms with Gasteiger partial charge in [-0.2, -0.15) is 0 Å². The maximum atomic E-state index is 13.5. The highest BCUT2D eigenvalue weighted by Gasteiger charge is 2.31. The Labute approximate surface area is 325 Å². The molecule has 6 rings (SSSR count). The quantitative estimate of drug-likeness (QED) is 0.210. The molecule has 3 saturated heterocycles. The molecule has 3 fully saturated rings. The SMILES string of the molecule is C=C1C=C(OC(C)C)C(C(=O)Nc2ccccc2)=CN1/C=C(\C(C)C)C1CCN(CC(=O)N2CCC(c3ccc(NC4CCC(=O)NC4=O)cc3)CC2)CC1. The van der Waals surface area contributed by atoms with E-state index in [2.05, 4.69) is 59.6 Å². The molecule has 0 aromatic heterocycles. The van der Waals surface area contributed by atoms with E-state index < -0.39 is 6.04 Å².